The van der Waals surface area contributed by atoms with Crippen LogP contribution in [0.15, 0.2) is 59.7 Å². The van der Waals surface area contributed by atoms with Crippen molar-refractivity contribution in [1.82, 2.24) is 14.5 Å². The Labute approximate surface area is 187 Å². The van der Waals surface area contributed by atoms with Gasteiger partial charge in [0.2, 0.25) is 0 Å². The molecule has 5 rings (SSSR count). The number of nitrogens with zero attached hydrogens (tertiary/aromatic N) is 3. The average Bonchev–Trinajstić information content (AvgIpc) is 3.15. The van der Waals surface area contributed by atoms with Crippen LogP contribution < -0.4 is 5.56 Å². The number of aromatic nitrogens is 2. The number of hydrogen-bond donors (Lipinski definition) is 1. The van der Waals surface area contributed by atoms with E-state index >= 15 is 0 Å². The Kier molecular flexibility index (Phi) is 5.22. The van der Waals surface area contributed by atoms with Gasteiger partial charge in [-0.1, -0.05) is 6.07 Å². The van der Waals surface area contributed by atoms with Crippen molar-refractivity contribution < 1.29 is 14.3 Å². The molecular formula is C24H20FN3O3S. The van der Waals surface area contributed by atoms with Gasteiger partial charge in [0.05, 0.1) is 18.4 Å². The molecule has 0 bridgehead atoms. The van der Waals surface area contributed by atoms with Gasteiger partial charge in [0.1, 0.15) is 5.82 Å². The summed E-state index contributed by atoms with van der Waals surface area (Å²) in [5, 5.41) is 10.4. The first-order chi connectivity index (χ1) is 15.5. The summed E-state index contributed by atoms with van der Waals surface area (Å²) < 4.78 is 15.7. The van der Waals surface area contributed by atoms with Crippen LogP contribution in [0.2, 0.25) is 0 Å². The maximum Gasteiger partial charge on any atom is 0.407 e. The SMILES string of the molecule is O=C(O)N1CCc2c(sc3cc(-n4ccc(CCc5ccc(F)cn5)cc4=O)ccc23)C1. The smallest absolute Gasteiger partial charge is 0.407 e. The topological polar surface area (TPSA) is 75.4 Å². The lowest BCUT2D eigenvalue weighted by Gasteiger charge is -2.23. The summed E-state index contributed by atoms with van der Waals surface area (Å²) in [6.45, 7) is 0.918. The molecule has 4 aromatic rings. The number of rotatable bonds is 4. The Balaban J connectivity index is 1.38. The predicted molar refractivity (Wildman–Crippen MR) is 121 cm³/mol. The molecule has 0 spiro atoms. The lowest BCUT2D eigenvalue weighted by molar-refractivity contribution is 0.140. The van der Waals surface area contributed by atoms with Crippen molar-refractivity contribution in [2.24, 2.45) is 0 Å². The Morgan fingerprint density at radius 3 is 2.78 bits per heavy atom. The van der Waals surface area contributed by atoms with Gasteiger partial charge >= 0.3 is 6.09 Å². The van der Waals surface area contributed by atoms with Gasteiger partial charge in [-0.2, -0.15) is 0 Å². The second-order valence-corrected chi connectivity index (χ2v) is 8.99. The van der Waals surface area contributed by atoms with E-state index in [2.05, 4.69) is 4.98 Å². The van der Waals surface area contributed by atoms with Crippen molar-refractivity contribution >= 4 is 27.5 Å². The fourth-order valence-corrected chi connectivity index (χ4v) is 5.42. The molecular weight excluding hydrogens is 429 g/mol. The number of pyridine rings is 2. The third kappa shape index (κ3) is 3.89. The maximum atomic E-state index is 13.0. The fraction of sp³-hybridized carbons (Fsp3) is 0.208. The van der Waals surface area contributed by atoms with Gasteiger partial charge in [0.25, 0.3) is 5.56 Å². The summed E-state index contributed by atoms with van der Waals surface area (Å²) in [5.41, 5.74) is 3.56. The van der Waals surface area contributed by atoms with E-state index in [1.54, 1.807) is 34.2 Å². The monoisotopic (exact) mass is 449 g/mol. The van der Waals surface area contributed by atoms with Gasteiger partial charge in [-0.3, -0.25) is 14.3 Å². The third-order valence-corrected chi connectivity index (χ3v) is 7.00. The molecule has 0 radical (unpaired) electrons. The van der Waals surface area contributed by atoms with E-state index in [1.807, 2.05) is 24.3 Å². The molecule has 4 heterocycles. The zero-order valence-corrected chi connectivity index (χ0v) is 17.9. The van der Waals surface area contributed by atoms with Crippen LogP contribution in [0.25, 0.3) is 15.8 Å². The molecule has 162 valence electrons. The lowest BCUT2D eigenvalue weighted by atomic mass is 10.0. The number of fused-ring (bicyclic) bond motifs is 3. The van der Waals surface area contributed by atoms with Gasteiger partial charge < -0.3 is 10.0 Å². The normalized spacial score (nSPS) is 13.3. The molecule has 32 heavy (non-hydrogen) atoms. The third-order valence-electron chi connectivity index (χ3n) is 5.82. The highest BCUT2D eigenvalue weighted by Gasteiger charge is 2.23. The van der Waals surface area contributed by atoms with Gasteiger partial charge in [0, 0.05) is 34.1 Å². The first-order valence-corrected chi connectivity index (χ1v) is 11.1. The quantitative estimate of drug-likeness (QED) is 0.501. The highest BCUT2D eigenvalue weighted by atomic mass is 32.1. The van der Waals surface area contributed by atoms with Crippen LogP contribution in [0.5, 0.6) is 0 Å². The molecule has 0 saturated heterocycles. The van der Waals surface area contributed by atoms with Crippen molar-refractivity contribution in [2.45, 2.75) is 25.8 Å². The highest BCUT2D eigenvalue weighted by Crippen LogP contribution is 2.36. The Bertz CT molecular complexity index is 1380. The molecule has 6 nitrogen and oxygen atoms in total. The maximum absolute atomic E-state index is 13.0. The Hall–Kier alpha value is -3.52. The summed E-state index contributed by atoms with van der Waals surface area (Å²) >= 11 is 1.59. The van der Waals surface area contributed by atoms with Gasteiger partial charge in [-0.15, -0.1) is 11.3 Å². The number of carbonyl (C=O) groups is 1. The molecule has 1 N–H and O–H groups in total. The second kappa shape index (κ2) is 8.20. The average molecular weight is 450 g/mol. The lowest BCUT2D eigenvalue weighted by Crippen LogP contribution is -2.33. The van der Waals surface area contributed by atoms with Gasteiger partial charge in [-0.05, 0) is 66.1 Å². The van der Waals surface area contributed by atoms with Crippen LogP contribution in [0.3, 0.4) is 0 Å². The molecule has 0 unspecified atom stereocenters. The van der Waals surface area contributed by atoms with Crippen molar-refractivity contribution in [2.75, 3.05) is 6.54 Å². The van der Waals surface area contributed by atoms with Gasteiger partial charge in [0.15, 0.2) is 0 Å². The molecule has 1 aliphatic heterocycles. The van der Waals surface area contributed by atoms with E-state index in [1.165, 1.54) is 22.7 Å². The largest absolute Gasteiger partial charge is 0.465 e. The van der Waals surface area contributed by atoms with Crippen molar-refractivity contribution in [3.63, 3.8) is 0 Å². The zero-order chi connectivity index (χ0) is 22.2. The number of thiophene rings is 1. The molecule has 0 fully saturated rings. The molecule has 0 atom stereocenters. The number of aryl methyl sites for hydroxylation is 2. The number of carboxylic acid groups (broad SMARTS) is 1. The molecule has 1 amide bonds. The van der Waals surface area contributed by atoms with E-state index < -0.39 is 6.09 Å². The second-order valence-electron chi connectivity index (χ2n) is 7.85. The number of hydrogen-bond acceptors (Lipinski definition) is 4. The van der Waals surface area contributed by atoms with Crippen LogP contribution in [0, 0.1) is 5.82 Å². The molecule has 0 aliphatic carbocycles. The van der Waals surface area contributed by atoms with E-state index in [9.17, 15) is 19.1 Å². The zero-order valence-electron chi connectivity index (χ0n) is 17.1. The van der Waals surface area contributed by atoms with E-state index in [-0.39, 0.29) is 11.4 Å². The van der Waals surface area contributed by atoms with E-state index in [0.717, 1.165) is 31.9 Å². The predicted octanol–water partition coefficient (Wildman–Crippen LogP) is 4.41. The van der Waals surface area contributed by atoms with Gasteiger partial charge in [-0.25, -0.2) is 9.18 Å². The summed E-state index contributed by atoms with van der Waals surface area (Å²) in [7, 11) is 0. The highest BCUT2D eigenvalue weighted by molar-refractivity contribution is 7.19. The summed E-state index contributed by atoms with van der Waals surface area (Å²) in [5.74, 6) is -0.362. The number of amides is 1. The molecule has 1 aliphatic rings. The van der Waals surface area contributed by atoms with Crippen LogP contribution >= 0.6 is 11.3 Å². The molecule has 3 aromatic heterocycles. The summed E-state index contributed by atoms with van der Waals surface area (Å²) in [6.07, 6.45) is 4.06. The minimum Gasteiger partial charge on any atom is -0.465 e. The molecule has 8 heteroatoms. The van der Waals surface area contributed by atoms with E-state index in [4.69, 9.17) is 0 Å². The van der Waals surface area contributed by atoms with E-state index in [0.29, 0.717) is 32.4 Å². The van der Waals surface area contributed by atoms with Crippen molar-refractivity contribution in [1.29, 1.82) is 0 Å². The van der Waals surface area contributed by atoms with Crippen LogP contribution in [0.4, 0.5) is 9.18 Å². The molecule has 0 saturated carbocycles. The molecule has 1 aromatic carbocycles. The minimum absolute atomic E-state index is 0.118. The van der Waals surface area contributed by atoms with Crippen molar-refractivity contribution in [3.8, 4) is 5.69 Å². The van der Waals surface area contributed by atoms with Crippen LogP contribution in [-0.4, -0.2) is 32.2 Å². The number of benzene rings is 1. The van der Waals surface area contributed by atoms with Crippen LogP contribution in [-0.2, 0) is 25.8 Å². The fourth-order valence-electron chi connectivity index (χ4n) is 4.12. The van der Waals surface area contributed by atoms with Crippen LogP contribution in [0.1, 0.15) is 21.7 Å². The first-order valence-electron chi connectivity index (χ1n) is 10.3. The summed E-state index contributed by atoms with van der Waals surface area (Å²) in [4.78, 5) is 30.6. The number of halogens is 1. The van der Waals surface area contributed by atoms with Crippen molar-refractivity contribution in [3.05, 3.63) is 92.7 Å². The Morgan fingerprint density at radius 2 is 2.03 bits per heavy atom. The Morgan fingerprint density at radius 1 is 1.16 bits per heavy atom. The minimum atomic E-state index is -0.893. The summed E-state index contributed by atoms with van der Waals surface area (Å²) in [6, 6.07) is 12.5. The standard InChI is InChI=1S/C24H20FN3O3S/c25-16-2-4-17(26-13-16)3-1-15-7-10-28(23(29)11-15)18-5-6-19-20-8-9-27(24(30)31)14-22(20)32-21(19)12-18/h2,4-7,10-13H,1,3,8-9,14H2,(H,30,31). The first kappa shape index (κ1) is 20.4.